The summed E-state index contributed by atoms with van der Waals surface area (Å²) in [4.78, 5) is 38.0. The number of carbonyl (C=O) groups is 2. The second kappa shape index (κ2) is 10.7. The summed E-state index contributed by atoms with van der Waals surface area (Å²) in [5.41, 5.74) is 0.907. The van der Waals surface area contributed by atoms with Crippen LogP contribution in [0.3, 0.4) is 0 Å². The van der Waals surface area contributed by atoms with Crippen molar-refractivity contribution in [2.24, 2.45) is 0 Å². The summed E-state index contributed by atoms with van der Waals surface area (Å²) in [6.07, 6.45) is 9.76. The molecular formula is C24H25ClN4O2S. The number of hydrogen-bond donors (Lipinski definition) is 1. The molecule has 1 atom stereocenters. The third-order valence-electron chi connectivity index (χ3n) is 5.65. The van der Waals surface area contributed by atoms with Crippen LogP contribution in [0.15, 0.2) is 60.4 Å². The molecule has 1 aliphatic rings. The minimum Gasteiger partial charge on any atom is -0.351 e. The minimum atomic E-state index is -0.814. The van der Waals surface area contributed by atoms with E-state index in [1.165, 1.54) is 25.0 Å². The van der Waals surface area contributed by atoms with Crippen LogP contribution in [0.25, 0.3) is 0 Å². The molecule has 32 heavy (non-hydrogen) atoms. The van der Waals surface area contributed by atoms with Gasteiger partial charge in [-0.05, 0) is 42.0 Å². The number of thiophene rings is 1. The summed E-state index contributed by atoms with van der Waals surface area (Å²) >= 11 is 7.65. The summed E-state index contributed by atoms with van der Waals surface area (Å²) in [6.45, 7) is 0.290. The Morgan fingerprint density at radius 3 is 2.56 bits per heavy atom. The number of rotatable bonds is 7. The molecule has 1 unspecified atom stereocenters. The van der Waals surface area contributed by atoms with Crippen molar-refractivity contribution in [3.8, 4) is 0 Å². The van der Waals surface area contributed by atoms with Gasteiger partial charge in [0.2, 0.25) is 5.91 Å². The Kier molecular flexibility index (Phi) is 7.50. The minimum absolute atomic E-state index is 0.126. The van der Waals surface area contributed by atoms with E-state index >= 15 is 0 Å². The first-order chi connectivity index (χ1) is 15.6. The van der Waals surface area contributed by atoms with Crippen LogP contribution in [-0.2, 0) is 11.3 Å². The fourth-order valence-corrected chi connectivity index (χ4v) is 4.88. The van der Waals surface area contributed by atoms with Crippen molar-refractivity contribution in [3.05, 3.63) is 81.5 Å². The van der Waals surface area contributed by atoms with Gasteiger partial charge in [0, 0.05) is 28.3 Å². The molecule has 0 bridgehead atoms. The quantitative estimate of drug-likeness (QED) is 0.528. The molecule has 0 spiro atoms. The van der Waals surface area contributed by atoms with Gasteiger partial charge in [-0.25, -0.2) is 4.98 Å². The molecule has 0 aliphatic heterocycles. The second-order valence-electron chi connectivity index (χ2n) is 7.90. The third-order valence-corrected chi connectivity index (χ3v) is 6.76. The number of carbonyl (C=O) groups excluding carboxylic acids is 2. The van der Waals surface area contributed by atoms with Gasteiger partial charge < -0.3 is 10.2 Å². The first-order valence-corrected chi connectivity index (χ1v) is 12.0. The van der Waals surface area contributed by atoms with Crippen LogP contribution in [0.2, 0.25) is 5.02 Å². The van der Waals surface area contributed by atoms with Crippen molar-refractivity contribution in [1.29, 1.82) is 0 Å². The van der Waals surface area contributed by atoms with Crippen LogP contribution in [0.4, 0.5) is 0 Å². The Bertz CT molecular complexity index is 1020. The predicted molar refractivity (Wildman–Crippen MR) is 125 cm³/mol. The highest BCUT2D eigenvalue weighted by Gasteiger charge is 2.34. The predicted octanol–water partition coefficient (Wildman–Crippen LogP) is 5.02. The zero-order chi connectivity index (χ0) is 22.3. The fraction of sp³-hybridized carbons (Fsp3) is 0.333. The van der Waals surface area contributed by atoms with Crippen LogP contribution in [0, 0.1) is 0 Å². The van der Waals surface area contributed by atoms with E-state index in [4.69, 9.17) is 11.6 Å². The van der Waals surface area contributed by atoms with Gasteiger partial charge in [-0.2, -0.15) is 0 Å². The summed E-state index contributed by atoms with van der Waals surface area (Å²) in [7, 11) is 0. The first-order valence-electron chi connectivity index (χ1n) is 10.8. The first kappa shape index (κ1) is 22.4. The maximum Gasteiger partial charge on any atom is 0.275 e. The van der Waals surface area contributed by atoms with E-state index in [0.29, 0.717) is 17.1 Å². The number of halogens is 1. The largest absolute Gasteiger partial charge is 0.351 e. The number of benzene rings is 1. The highest BCUT2D eigenvalue weighted by Crippen LogP contribution is 2.28. The molecule has 0 radical (unpaired) electrons. The molecule has 1 N–H and O–H groups in total. The van der Waals surface area contributed by atoms with Crippen molar-refractivity contribution in [2.75, 3.05) is 0 Å². The maximum absolute atomic E-state index is 13.6. The Morgan fingerprint density at radius 2 is 1.91 bits per heavy atom. The lowest BCUT2D eigenvalue weighted by atomic mass is 9.94. The van der Waals surface area contributed by atoms with Crippen molar-refractivity contribution < 1.29 is 9.59 Å². The van der Waals surface area contributed by atoms with E-state index in [2.05, 4.69) is 15.3 Å². The molecule has 8 heteroatoms. The molecule has 4 rings (SSSR count). The van der Waals surface area contributed by atoms with Crippen molar-refractivity contribution >= 4 is 34.8 Å². The number of nitrogens with one attached hydrogen (secondary N) is 1. The smallest absolute Gasteiger partial charge is 0.275 e. The molecule has 2 heterocycles. The molecule has 1 aliphatic carbocycles. The number of aromatic nitrogens is 2. The van der Waals surface area contributed by atoms with E-state index in [1.54, 1.807) is 40.5 Å². The number of hydrogen-bond acceptors (Lipinski definition) is 5. The Labute approximate surface area is 196 Å². The topological polar surface area (TPSA) is 75.2 Å². The lowest BCUT2D eigenvalue weighted by molar-refractivity contribution is -0.127. The lowest BCUT2D eigenvalue weighted by Crippen LogP contribution is -2.47. The second-order valence-corrected chi connectivity index (χ2v) is 9.37. The van der Waals surface area contributed by atoms with E-state index in [1.807, 2.05) is 17.5 Å². The zero-order valence-electron chi connectivity index (χ0n) is 17.6. The average Bonchev–Trinajstić information content (AvgIpc) is 3.34. The van der Waals surface area contributed by atoms with Crippen molar-refractivity contribution in [3.63, 3.8) is 0 Å². The van der Waals surface area contributed by atoms with E-state index in [9.17, 15) is 9.59 Å². The summed E-state index contributed by atoms with van der Waals surface area (Å²) in [5, 5.41) is 5.73. The fourth-order valence-electron chi connectivity index (χ4n) is 4.05. The van der Waals surface area contributed by atoms with Gasteiger partial charge in [0.1, 0.15) is 11.7 Å². The monoisotopic (exact) mass is 468 g/mol. The van der Waals surface area contributed by atoms with Crippen LogP contribution in [-0.4, -0.2) is 32.7 Å². The van der Waals surface area contributed by atoms with E-state index in [0.717, 1.165) is 30.6 Å². The molecule has 166 valence electrons. The molecule has 6 nitrogen and oxygen atoms in total. The summed E-state index contributed by atoms with van der Waals surface area (Å²) < 4.78 is 0. The van der Waals surface area contributed by atoms with Gasteiger partial charge in [-0.1, -0.05) is 49.1 Å². The zero-order valence-corrected chi connectivity index (χ0v) is 19.2. The molecule has 1 aromatic carbocycles. The van der Waals surface area contributed by atoms with Gasteiger partial charge in [0.15, 0.2) is 0 Å². The molecule has 1 fully saturated rings. The van der Waals surface area contributed by atoms with Crippen LogP contribution < -0.4 is 5.32 Å². The SMILES string of the molecule is O=C(NC1CCCCC1)C(c1ccc(Cl)cc1)N(Cc1cccs1)C(=O)c1cnccn1. The van der Waals surface area contributed by atoms with Crippen molar-refractivity contribution in [1.82, 2.24) is 20.2 Å². The number of nitrogens with zero attached hydrogens (tertiary/aromatic N) is 3. The molecule has 2 aromatic heterocycles. The van der Waals surface area contributed by atoms with Gasteiger partial charge in [0.05, 0.1) is 12.7 Å². The van der Waals surface area contributed by atoms with Crippen molar-refractivity contribution in [2.45, 2.75) is 50.7 Å². The van der Waals surface area contributed by atoms with Gasteiger partial charge in [-0.3, -0.25) is 14.6 Å². The molecule has 3 aromatic rings. The van der Waals surface area contributed by atoms with Gasteiger partial charge in [0.25, 0.3) is 5.91 Å². The van der Waals surface area contributed by atoms with Crippen LogP contribution in [0.5, 0.6) is 0 Å². The molecule has 2 amide bonds. The molecule has 1 saturated carbocycles. The Morgan fingerprint density at radius 1 is 1.12 bits per heavy atom. The normalized spacial score (nSPS) is 15.2. The standard InChI is InChI=1S/C24H25ClN4O2S/c25-18-10-8-17(9-11-18)22(23(30)28-19-5-2-1-3-6-19)29(16-20-7-4-14-32-20)24(31)21-15-26-12-13-27-21/h4,7-15,19,22H,1-3,5-6,16H2,(H,28,30). The highest BCUT2D eigenvalue weighted by atomic mass is 35.5. The highest BCUT2D eigenvalue weighted by molar-refractivity contribution is 7.09. The van der Waals surface area contributed by atoms with Crippen LogP contribution in [0.1, 0.15) is 59.1 Å². The lowest BCUT2D eigenvalue weighted by Gasteiger charge is -2.33. The average molecular weight is 469 g/mol. The maximum atomic E-state index is 13.6. The number of amides is 2. The summed E-state index contributed by atoms with van der Waals surface area (Å²) in [5.74, 6) is -0.529. The van der Waals surface area contributed by atoms with E-state index < -0.39 is 6.04 Å². The third kappa shape index (κ3) is 5.53. The molecular weight excluding hydrogens is 444 g/mol. The Hall–Kier alpha value is -2.77. The van der Waals surface area contributed by atoms with E-state index in [-0.39, 0.29) is 23.6 Å². The molecule has 0 saturated heterocycles. The van der Waals surface area contributed by atoms with Crippen LogP contribution >= 0.6 is 22.9 Å². The summed E-state index contributed by atoms with van der Waals surface area (Å²) in [6, 6.07) is 10.3. The Balaban J connectivity index is 1.71. The van der Waals surface area contributed by atoms with Gasteiger partial charge >= 0.3 is 0 Å². The van der Waals surface area contributed by atoms with Gasteiger partial charge in [-0.15, -0.1) is 11.3 Å².